The zero-order chi connectivity index (χ0) is 29.5. The monoisotopic (exact) mass is 596 g/mol. The van der Waals surface area contributed by atoms with E-state index in [1.54, 1.807) is 30.3 Å². The minimum absolute atomic E-state index is 0.00948. The van der Waals surface area contributed by atoms with E-state index in [0.29, 0.717) is 30.9 Å². The van der Waals surface area contributed by atoms with E-state index in [1.807, 2.05) is 30.3 Å². The van der Waals surface area contributed by atoms with Crippen molar-refractivity contribution in [3.05, 3.63) is 71.8 Å². The SMILES string of the molecule is O=C(CCC(NS(=O)(=O)Cc1ccccc1)C(=O)N1CCCC1C(=O)OCc1ccccc1)NC1CN2CCC1CC2. The molecule has 2 amide bonds. The molecule has 3 atom stereocenters. The minimum Gasteiger partial charge on any atom is -0.459 e. The molecule has 10 nitrogen and oxygen atoms in total. The van der Waals surface area contributed by atoms with Crippen molar-refractivity contribution in [3.8, 4) is 0 Å². The summed E-state index contributed by atoms with van der Waals surface area (Å²) in [6.45, 7) is 3.34. The lowest BCUT2D eigenvalue weighted by molar-refractivity contribution is -0.155. The van der Waals surface area contributed by atoms with Gasteiger partial charge in [-0.3, -0.25) is 9.59 Å². The van der Waals surface area contributed by atoms with Crippen LogP contribution in [0.25, 0.3) is 0 Å². The van der Waals surface area contributed by atoms with E-state index in [4.69, 9.17) is 4.74 Å². The van der Waals surface area contributed by atoms with E-state index < -0.39 is 34.0 Å². The summed E-state index contributed by atoms with van der Waals surface area (Å²) in [5.74, 6) is -1.08. The molecule has 0 spiro atoms. The molecule has 2 aromatic rings. The second-order valence-electron chi connectivity index (χ2n) is 11.5. The molecule has 6 rings (SSSR count). The van der Waals surface area contributed by atoms with Crippen LogP contribution in [0.2, 0.25) is 0 Å². The summed E-state index contributed by atoms with van der Waals surface area (Å²) in [5, 5.41) is 3.12. The highest BCUT2D eigenvalue weighted by Crippen LogP contribution is 2.28. The lowest BCUT2D eigenvalue weighted by Gasteiger charge is -2.45. The van der Waals surface area contributed by atoms with E-state index >= 15 is 0 Å². The molecule has 2 bridgehead atoms. The van der Waals surface area contributed by atoms with Crippen LogP contribution in [0.4, 0.5) is 0 Å². The Bertz CT molecular complexity index is 1330. The molecule has 4 aliphatic rings. The van der Waals surface area contributed by atoms with Crippen LogP contribution in [0.15, 0.2) is 60.7 Å². The molecule has 0 aliphatic carbocycles. The van der Waals surface area contributed by atoms with Crippen molar-refractivity contribution in [2.45, 2.75) is 69.0 Å². The average Bonchev–Trinajstić information content (AvgIpc) is 3.49. The number of nitrogens with one attached hydrogen (secondary N) is 2. The number of piperidine rings is 3. The van der Waals surface area contributed by atoms with Crippen LogP contribution in [-0.2, 0) is 41.5 Å². The van der Waals surface area contributed by atoms with E-state index in [0.717, 1.165) is 38.0 Å². The molecule has 226 valence electrons. The first kappa shape index (κ1) is 30.2. The highest BCUT2D eigenvalue weighted by molar-refractivity contribution is 7.88. The first-order valence-corrected chi connectivity index (χ1v) is 16.5. The summed E-state index contributed by atoms with van der Waals surface area (Å²) in [4.78, 5) is 43.6. The van der Waals surface area contributed by atoms with Crippen LogP contribution in [0, 0.1) is 5.92 Å². The molecule has 11 heteroatoms. The summed E-state index contributed by atoms with van der Waals surface area (Å²) >= 11 is 0. The zero-order valence-electron chi connectivity index (χ0n) is 23.8. The fourth-order valence-corrected chi connectivity index (χ4v) is 7.64. The summed E-state index contributed by atoms with van der Waals surface area (Å²) in [7, 11) is -3.93. The number of carbonyl (C=O) groups is 3. The van der Waals surface area contributed by atoms with Gasteiger partial charge in [0.2, 0.25) is 21.8 Å². The fourth-order valence-electron chi connectivity index (χ4n) is 6.27. The number of rotatable bonds is 12. The molecule has 4 saturated heterocycles. The summed E-state index contributed by atoms with van der Waals surface area (Å²) in [6.07, 6.45) is 3.12. The number of fused-ring (bicyclic) bond motifs is 3. The highest BCUT2D eigenvalue weighted by Gasteiger charge is 2.40. The highest BCUT2D eigenvalue weighted by atomic mass is 32.2. The van der Waals surface area contributed by atoms with Gasteiger partial charge in [-0.2, -0.15) is 0 Å². The van der Waals surface area contributed by atoms with Crippen molar-refractivity contribution < 1.29 is 27.5 Å². The summed E-state index contributed by atoms with van der Waals surface area (Å²) in [5.41, 5.74) is 1.42. The third-order valence-electron chi connectivity index (χ3n) is 8.51. The van der Waals surface area contributed by atoms with Gasteiger partial charge in [0.1, 0.15) is 18.7 Å². The maximum absolute atomic E-state index is 13.8. The Balaban J connectivity index is 1.25. The van der Waals surface area contributed by atoms with Gasteiger partial charge in [-0.25, -0.2) is 17.9 Å². The molecule has 4 heterocycles. The number of amides is 2. The summed E-state index contributed by atoms with van der Waals surface area (Å²) in [6, 6.07) is 16.1. The molecule has 4 fully saturated rings. The van der Waals surface area contributed by atoms with Gasteiger partial charge in [0.05, 0.1) is 5.75 Å². The Hall–Kier alpha value is -3.28. The molecule has 0 saturated carbocycles. The van der Waals surface area contributed by atoms with Gasteiger partial charge in [-0.05, 0) is 62.2 Å². The molecule has 2 aromatic carbocycles. The predicted octanol–water partition coefficient (Wildman–Crippen LogP) is 2.20. The largest absolute Gasteiger partial charge is 0.459 e. The number of nitrogens with zero attached hydrogens (tertiary/aromatic N) is 2. The average molecular weight is 597 g/mol. The Kier molecular flexibility index (Phi) is 9.91. The maximum Gasteiger partial charge on any atom is 0.329 e. The molecule has 4 aliphatic heterocycles. The molecule has 0 radical (unpaired) electrons. The predicted molar refractivity (Wildman–Crippen MR) is 157 cm³/mol. The minimum atomic E-state index is -3.93. The lowest BCUT2D eigenvalue weighted by atomic mass is 9.84. The molecule has 42 heavy (non-hydrogen) atoms. The summed E-state index contributed by atoms with van der Waals surface area (Å²) < 4.78 is 34.4. The van der Waals surface area contributed by atoms with Crippen molar-refractivity contribution >= 4 is 27.8 Å². The van der Waals surface area contributed by atoms with Crippen LogP contribution in [0.5, 0.6) is 0 Å². The number of esters is 1. The van der Waals surface area contributed by atoms with Crippen molar-refractivity contribution in [1.29, 1.82) is 0 Å². The van der Waals surface area contributed by atoms with E-state index in [-0.39, 0.29) is 37.2 Å². The quantitative estimate of drug-likeness (QED) is 0.360. The van der Waals surface area contributed by atoms with Crippen LogP contribution < -0.4 is 10.0 Å². The first-order chi connectivity index (χ1) is 20.3. The number of ether oxygens (including phenoxy) is 1. The van der Waals surface area contributed by atoms with Gasteiger partial charge >= 0.3 is 5.97 Å². The van der Waals surface area contributed by atoms with Gasteiger partial charge in [-0.15, -0.1) is 0 Å². The number of carbonyl (C=O) groups excluding carboxylic acids is 3. The number of hydrogen-bond donors (Lipinski definition) is 2. The standard InChI is InChI=1S/C31H40N4O6S/c36-29(32-27-20-34-18-15-25(27)16-19-34)14-13-26(33-42(39,40)22-24-10-5-2-6-11-24)30(37)35-17-7-12-28(35)31(38)41-21-23-8-3-1-4-9-23/h1-6,8-11,25-28,33H,7,12-22H2,(H,32,36). The second-order valence-corrected chi connectivity index (χ2v) is 13.3. The Morgan fingerprint density at radius 1 is 0.905 bits per heavy atom. The first-order valence-electron chi connectivity index (χ1n) is 14.8. The van der Waals surface area contributed by atoms with Crippen molar-refractivity contribution in [2.75, 3.05) is 26.2 Å². The smallest absolute Gasteiger partial charge is 0.329 e. The van der Waals surface area contributed by atoms with Crippen LogP contribution in [-0.4, -0.2) is 80.3 Å². The van der Waals surface area contributed by atoms with Gasteiger partial charge < -0.3 is 19.9 Å². The van der Waals surface area contributed by atoms with E-state index in [9.17, 15) is 22.8 Å². The van der Waals surface area contributed by atoms with E-state index in [2.05, 4.69) is 14.9 Å². The van der Waals surface area contributed by atoms with Crippen molar-refractivity contribution in [1.82, 2.24) is 19.8 Å². The Morgan fingerprint density at radius 2 is 1.57 bits per heavy atom. The second kappa shape index (κ2) is 13.8. The van der Waals surface area contributed by atoms with Crippen LogP contribution in [0.3, 0.4) is 0 Å². The third kappa shape index (κ3) is 7.96. The zero-order valence-corrected chi connectivity index (χ0v) is 24.6. The van der Waals surface area contributed by atoms with Gasteiger partial charge in [0.15, 0.2) is 0 Å². The maximum atomic E-state index is 13.8. The van der Waals surface area contributed by atoms with Crippen LogP contribution in [0.1, 0.15) is 49.7 Å². The molecule has 2 N–H and O–H groups in total. The van der Waals surface area contributed by atoms with Gasteiger partial charge in [0.25, 0.3) is 0 Å². The number of hydrogen-bond acceptors (Lipinski definition) is 7. The van der Waals surface area contributed by atoms with Crippen LogP contribution >= 0.6 is 0 Å². The Labute approximate surface area is 247 Å². The topological polar surface area (TPSA) is 125 Å². The van der Waals surface area contributed by atoms with Gasteiger partial charge in [0, 0.05) is 25.6 Å². The molecule has 0 aromatic heterocycles. The fraction of sp³-hybridized carbons (Fsp3) is 0.516. The van der Waals surface area contributed by atoms with Gasteiger partial charge in [-0.1, -0.05) is 60.7 Å². The Morgan fingerprint density at radius 3 is 2.21 bits per heavy atom. The number of likely N-dealkylation sites (tertiary alicyclic amines) is 1. The van der Waals surface area contributed by atoms with Crippen molar-refractivity contribution in [3.63, 3.8) is 0 Å². The van der Waals surface area contributed by atoms with Crippen molar-refractivity contribution in [2.24, 2.45) is 5.92 Å². The van der Waals surface area contributed by atoms with E-state index in [1.165, 1.54) is 4.90 Å². The number of benzene rings is 2. The molecular weight excluding hydrogens is 556 g/mol. The molecule has 3 unspecified atom stereocenters. The normalized spacial score (nSPS) is 24.2. The molecular formula is C31H40N4O6S. The third-order valence-corrected chi connectivity index (χ3v) is 9.87. The number of sulfonamides is 1. The lowest BCUT2D eigenvalue weighted by Crippen LogP contribution is -2.57.